The number of aliphatic hydroxyl groups is 1. The smallest absolute Gasteiger partial charge is 0.252 e. The van der Waals surface area contributed by atoms with Crippen molar-refractivity contribution in [1.82, 2.24) is 10.6 Å². The quantitative estimate of drug-likeness (QED) is 0.630. The van der Waals surface area contributed by atoms with Crippen molar-refractivity contribution >= 4 is 11.8 Å². The number of hydrogen-bond acceptors (Lipinski definition) is 6. The molecule has 144 valence electrons. The third kappa shape index (κ3) is 4.57. The fourth-order valence-electron chi connectivity index (χ4n) is 3.02. The lowest BCUT2D eigenvalue weighted by molar-refractivity contribution is -0.124. The van der Waals surface area contributed by atoms with Gasteiger partial charge in [0.1, 0.15) is 6.04 Å². The molecule has 8 nitrogen and oxygen atoms in total. The molecular formula is C18H26N2O6. The Hall–Kier alpha value is -2.48. The Bertz CT molecular complexity index is 618. The maximum Gasteiger partial charge on any atom is 0.252 e. The highest BCUT2D eigenvalue weighted by molar-refractivity contribution is 5.98. The Labute approximate surface area is 152 Å². The maximum absolute atomic E-state index is 12.5. The fourth-order valence-corrected chi connectivity index (χ4v) is 3.02. The van der Waals surface area contributed by atoms with Crippen molar-refractivity contribution in [2.24, 2.45) is 0 Å². The fraction of sp³-hybridized carbons (Fsp3) is 0.556. The zero-order chi connectivity index (χ0) is 19.1. The number of ether oxygens (including phenoxy) is 3. The van der Waals surface area contributed by atoms with Gasteiger partial charge in [-0.25, -0.2) is 0 Å². The molecule has 0 unspecified atom stereocenters. The lowest BCUT2D eigenvalue weighted by Crippen LogP contribution is -2.51. The normalized spacial score (nSPS) is 15.2. The van der Waals surface area contributed by atoms with Crippen LogP contribution in [0, 0.1) is 0 Å². The van der Waals surface area contributed by atoms with Crippen LogP contribution >= 0.6 is 0 Å². The van der Waals surface area contributed by atoms with E-state index in [1.54, 1.807) is 0 Å². The van der Waals surface area contributed by atoms with Crippen molar-refractivity contribution in [2.75, 3.05) is 27.9 Å². The lowest BCUT2D eigenvalue weighted by atomic mass is 10.1. The first kappa shape index (κ1) is 19.8. The van der Waals surface area contributed by atoms with Crippen molar-refractivity contribution in [3.05, 3.63) is 17.7 Å². The highest BCUT2D eigenvalue weighted by Crippen LogP contribution is 2.38. The van der Waals surface area contributed by atoms with Crippen molar-refractivity contribution in [3.8, 4) is 17.2 Å². The highest BCUT2D eigenvalue weighted by atomic mass is 16.5. The van der Waals surface area contributed by atoms with Gasteiger partial charge in [0.25, 0.3) is 5.91 Å². The van der Waals surface area contributed by atoms with Gasteiger partial charge in [-0.1, -0.05) is 12.8 Å². The van der Waals surface area contributed by atoms with Crippen LogP contribution in [-0.2, 0) is 4.79 Å². The summed E-state index contributed by atoms with van der Waals surface area (Å²) in [5.74, 6) is 0.107. The molecule has 1 aliphatic rings. The van der Waals surface area contributed by atoms with Gasteiger partial charge in [-0.15, -0.1) is 0 Å². The minimum Gasteiger partial charge on any atom is -0.493 e. The SMILES string of the molecule is COc1cc(C(=O)N[C@@H](CO)C(=O)NC2CCCC2)cc(OC)c1OC. The molecule has 1 aromatic carbocycles. The number of carbonyl (C=O) groups excluding carboxylic acids is 2. The van der Waals surface area contributed by atoms with Crippen molar-refractivity contribution < 1.29 is 28.9 Å². The Balaban J connectivity index is 2.12. The Morgan fingerprint density at radius 3 is 2.15 bits per heavy atom. The molecule has 0 aromatic heterocycles. The zero-order valence-electron chi connectivity index (χ0n) is 15.3. The van der Waals surface area contributed by atoms with Gasteiger partial charge in [-0.2, -0.15) is 0 Å². The molecule has 0 bridgehead atoms. The number of nitrogens with one attached hydrogen (secondary N) is 2. The Morgan fingerprint density at radius 2 is 1.69 bits per heavy atom. The van der Waals surface area contributed by atoms with Crippen LogP contribution in [0.15, 0.2) is 12.1 Å². The number of benzene rings is 1. The minimum atomic E-state index is -1.03. The van der Waals surface area contributed by atoms with Crippen molar-refractivity contribution in [2.45, 2.75) is 37.8 Å². The van der Waals surface area contributed by atoms with Crippen LogP contribution < -0.4 is 24.8 Å². The predicted octanol–water partition coefficient (Wildman–Crippen LogP) is 0.862. The first-order valence-corrected chi connectivity index (χ1v) is 8.56. The second-order valence-electron chi connectivity index (χ2n) is 6.11. The molecule has 26 heavy (non-hydrogen) atoms. The molecule has 0 spiro atoms. The van der Waals surface area contributed by atoms with Gasteiger partial charge >= 0.3 is 0 Å². The van der Waals surface area contributed by atoms with E-state index in [0.717, 1.165) is 25.7 Å². The second kappa shape index (κ2) is 9.28. The minimum absolute atomic E-state index is 0.106. The molecular weight excluding hydrogens is 340 g/mol. The number of hydrogen-bond donors (Lipinski definition) is 3. The van der Waals surface area contributed by atoms with E-state index in [4.69, 9.17) is 14.2 Å². The van der Waals surface area contributed by atoms with E-state index in [1.807, 2.05) is 0 Å². The molecule has 2 amide bonds. The number of carbonyl (C=O) groups is 2. The van der Waals surface area contributed by atoms with E-state index in [2.05, 4.69) is 10.6 Å². The summed E-state index contributed by atoms with van der Waals surface area (Å²) >= 11 is 0. The summed E-state index contributed by atoms with van der Waals surface area (Å²) in [6.45, 7) is -0.491. The Kier molecular flexibility index (Phi) is 7.08. The number of aliphatic hydroxyl groups excluding tert-OH is 1. The van der Waals surface area contributed by atoms with Crippen molar-refractivity contribution in [1.29, 1.82) is 0 Å². The van der Waals surface area contributed by atoms with Crippen LogP contribution in [0.5, 0.6) is 17.2 Å². The van der Waals surface area contributed by atoms with E-state index in [-0.39, 0.29) is 17.5 Å². The molecule has 0 saturated heterocycles. The summed E-state index contributed by atoms with van der Waals surface area (Å²) in [6, 6.07) is 2.05. The van der Waals surface area contributed by atoms with E-state index in [9.17, 15) is 14.7 Å². The second-order valence-corrected chi connectivity index (χ2v) is 6.11. The molecule has 1 aromatic rings. The van der Waals surface area contributed by atoms with E-state index < -0.39 is 18.6 Å². The summed E-state index contributed by atoms with van der Waals surface area (Å²) < 4.78 is 15.7. The van der Waals surface area contributed by atoms with Crippen LogP contribution in [0.1, 0.15) is 36.0 Å². The molecule has 1 saturated carbocycles. The number of amides is 2. The van der Waals surface area contributed by atoms with Gasteiger partial charge in [0.05, 0.1) is 27.9 Å². The van der Waals surface area contributed by atoms with Crippen LogP contribution in [-0.4, -0.2) is 56.9 Å². The molecule has 0 heterocycles. The zero-order valence-corrected chi connectivity index (χ0v) is 15.3. The van der Waals surface area contributed by atoms with Gasteiger partial charge in [-0.3, -0.25) is 9.59 Å². The molecule has 0 aliphatic heterocycles. The molecule has 8 heteroatoms. The summed E-state index contributed by atoms with van der Waals surface area (Å²) in [5.41, 5.74) is 0.228. The van der Waals surface area contributed by atoms with Gasteiger partial charge in [0, 0.05) is 11.6 Å². The van der Waals surface area contributed by atoms with Crippen LogP contribution in [0.4, 0.5) is 0 Å². The summed E-state index contributed by atoms with van der Waals surface area (Å²) in [4.78, 5) is 24.8. The largest absolute Gasteiger partial charge is 0.493 e. The molecule has 1 atom stereocenters. The lowest BCUT2D eigenvalue weighted by Gasteiger charge is -2.20. The predicted molar refractivity (Wildman–Crippen MR) is 94.8 cm³/mol. The van der Waals surface area contributed by atoms with Crippen LogP contribution in [0.3, 0.4) is 0 Å². The van der Waals surface area contributed by atoms with E-state index in [0.29, 0.717) is 17.2 Å². The highest BCUT2D eigenvalue weighted by Gasteiger charge is 2.25. The number of methoxy groups -OCH3 is 3. The molecule has 0 radical (unpaired) electrons. The standard InChI is InChI=1S/C18H26N2O6/c1-24-14-8-11(9-15(25-2)16(14)26-3)17(22)20-13(10-21)18(23)19-12-6-4-5-7-12/h8-9,12-13,21H,4-7,10H2,1-3H3,(H,19,23)(H,20,22)/t13-/m0/s1. The summed E-state index contributed by atoms with van der Waals surface area (Å²) in [7, 11) is 4.37. The topological polar surface area (TPSA) is 106 Å². The average Bonchev–Trinajstić information content (AvgIpc) is 3.17. The van der Waals surface area contributed by atoms with E-state index in [1.165, 1.54) is 33.5 Å². The van der Waals surface area contributed by atoms with Gasteiger partial charge in [-0.05, 0) is 25.0 Å². The third-order valence-corrected chi connectivity index (χ3v) is 4.43. The van der Waals surface area contributed by atoms with Gasteiger partial charge in [0.2, 0.25) is 11.7 Å². The average molecular weight is 366 g/mol. The summed E-state index contributed by atoms with van der Waals surface area (Å²) in [5, 5.41) is 14.9. The van der Waals surface area contributed by atoms with E-state index >= 15 is 0 Å². The third-order valence-electron chi connectivity index (χ3n) is 4.43. The number of rotatable bonds is 8. The molecule has 1 fully saturated rings. The first-order chi connectivity index (χ1) is 12.5. The first-order valence-electron chi connectivity index (χ1n) is 8.56. The van der Waals surface area contributed by atoms with Crippen LogP contribution in [0.2, 0.25) is 0 Å². The molecule has 2 rings (SSSR count). The monoisotopic (exact) mass is 366 g/mol. The maximum atomic E-state index is 12.5. The molecule has 1 aliphatic carbocycles. The van der Waals surface area contributed by atoms with Crippen molar-refractivity contribution in [3.63, 3.8) is 0 Å². The van der Waals surface area contributed by atoms with Gasteiger partial charge < -0.3 is 30.0 Å². The summed E-state index contributed by atoms with van der Waals surface area (Å²) in [6.07, 6.45) is 3.99. The van der Waals surface area contributed by atoms with Crippen LogP contribution in [0.25, 0.3) is 0 Å². The molecule has 3 N–H and O–H groups in total. The Morgan fingerprint density at radius 1 is 1.12 bits per heavy atom. The van der Waals surface area contributed by atoms with Gasteiger partial charge in [0.15, 0.2) is 11.5 Å².